The summed E-state index contributed by atoms with van der Waals surface area (Å²) >= 11 is 1.52. The van der Waals surface area contributed by atoms with Gasteiger partial charge in [0.05, 0.1) is 10.9 Å². The third-order valence-corrected chi connectivity index (χ3v) is 7.26. The SMILES string of the molecule is Cc1ccc(C(=O)N2CC[C@]3(CCn4ncnc4[C@@H]3NC(=O)Nc3ccccc3)C2)s1. The van der Waals surface area contributed by atoms with Gasteiger partial charge in [0.2, 0.25) is 0 Å². The number of fused-ring (bicyclic) bond motifs is 1. The van der Waals surface area contributed by atoms with Crippen molar-refractivity contribution in [2.45, 2.75) is 32.4 Å². The molecule has 8 nitrogen and oxygen atoms in total. The first kappa shape index (κ1) is 19.7. The number of hydrogen-bond acceptors (Lipinski definition) is 5. The summed E-state index contributed by atoms with van der Waals surface area (Å²) in [5.74, 6) is 0.810. The van der Waals surface area contributed by atoms with E-state index in [9.17, 15) is 9.59 Å². The van der Waals surface area contributed by atoms with Crippen molar-refractivity contribution < 1.29 is 9.59 Å². The van der Waals surface area contributed by atoms with Gasteiger partial charge in [-0.15, -0.1) is 11.3 Å². The molecular formula is C22H24N6O2S. The van der Waals surface area contributed by atoms with Gasteiger partial charge >= 0.3 is 6.03 Å². The van der Waals surface area contributed by atoms with Crippen LogP contribution >= 0.6 is 11.3 Å². The zero-order chi connectivity index (χ0) is 21.4. The van der Waals surface area contributed by atoms with E-state index in [2.05, 4.69) is 20.7 Å². The molecule has 1 spiro atoms. The molecule has 0 aliphatic carbocycles. The van der Waals surface area contributed by atoms with Gasteiger partial charge in [0.1, 0.15) is 12.2 Å². The second-order valence-electron chi connectivity index (χ2n) is 8.24. The number of nitrogens with one attached hydrogen (secondary N) is 2. The highest BCUT2D eigenvalue weighted by Crippen LogP contribution is 2.47. The Hall–Kier alpha value is -3.20. The third-order valence-electron chi connectivity index (χ3n) is 6.27. The number of hydrogen-bond donors (Lipinski definition) is 2. The Kier molecular flexibility index (Phi) is 4.97. The summed E-state index contributed by atoms with van der Waals surface area (Å²) in [6, 6.07) is 12.6. The zero-order valence-corrected chi connectivity index (χ0v) is 18.1. The number of para-hydroxylation sites is 1. The lowest BCUT2D eigenvalue weighted by Crippen LogP contribution is -2.49. The number of urea groups is 1. The standard InChI is InChI=1S/C22H24N6O2S/c1-15-7-8-17(31-15)20(29)27-11-9-22(13-27)10-12-28-19(23-14-24-28)18(22)26-21(30)25-16-5-3-2-4-6-16/h2-8,14,18H,9-13H2,1H3,(H2,25,26,30)/t18-,22-/m0/s1. The van der Waals surface area contributed by atoms with E-state index in [1.54, 1.807) is 0 Å². The molecule has 5 rings (SSSR count). The van der Waals surface area contributed by atoms with Crippen LogP contribution in [0.15, 0.2) is 48.8 Å². The molecular weight excluding hydrogens is 412 g/mol. The Morgan fingerprint density at radius 2 is 1.94 bits per heavy atom. The van der Waals surface area contributed by atoms with Crippen molar-refractivity contribution in [1.82, 2.24) is 25.0 Å². The van der Waals surface area contributed by atoms with E-state index >= 15 is 0 Å². The Bertz CT molecular complexity index is 1110. The van der Waals surface area contributed by atoms with Crippen LogP contribution in [-0.2, 0) is 6.54 Å². The summed E-state index contributed by atoms with van der Waals surface area (Å²) in [4.78, 5) is 34.2. The van der Waals surface area contributed by atoms with Gasteiger partial charge in [-0.2, -0.15) is 5.10 Å². The molecule has 3 amide bonds. The summed E-state index contributed by atoms with van der Waals surface area (Å²) in [6.07, 6.45) is 3.17. The molecule has 1 saturated heterocycles. The van der Waals surface area contributed by atoms with Gasteiger partial charge in [-0.3, -0.25) is 4.79 Å². The highest BCUT2D eigenvalue weighted by atomic mass is 32.1. The maximum absolute atomic E-state index is 13.1. The zero-order valence-electron chi connectivity index (χ0n) is 17.2. The van der Waals surface area contributed by atoms with Crippen molar-refractivity contribution >= 4 is 29.0 Å². The fraction of sp³-hybridized carbons (Fsp3) is 0.364. The minimum atomic E-state index is -0.324. The molecule has 2 aliphatic rings. The molecule has 0 radical (unpaired) electrons. The van der Waals surface area contributed by atoms with Crippen LogP contribution < -0.4 is 10.6 Å². The van der Waals surface area contributed by atoms with Crippen molar-refractivity contribution in [3.05, 3.63) is 64.4 Å². The predicted octanol–water partition coefficient (Wildman–Crippen LogP) is 3.45. The van der Waals surface area contributed by atoms with E-state index in [1.165, 1.54) is 17.7 Å². The van der Waals surface area contributed by atoms with E-state index in [-0.39, 0.29) is 23.4 Å². The van der Waals surface area contributed by atoms with E-state index in [0.717, 1.165) is 40.7 Å². The normalized spacial score (nSPS) is 22.4. The Balaban J connectivity index is 1.38. The number of anilines is 1. The maximum atomic E-state index is 13.1. The van der Waals surface area contributed by atoms with Gasteiger partial charge in [0.15, 0.2) is 0 Å². The second-order valence-corrected chi connectivity index (χ2v) is 9.53. The number of nitrogens with zero attached hydrogens (tertiary/aromatic N) is 4. The third kappa shape index (κ3) is 3.69. The molecule has 0 saturated carbocycles. The molecule has 1 fully saturated rings. The first-order valence-electron chi connectivity index (χ1n) is 10.4. The smallest absolute Gasteiger partial charge is 0.319 e. The molecule has 2 aliphatic heterocycles. The van der Waals surface area contributed by atoms with Crippen molar-refractivity contribution in [2.24, 2.45) is 5.41 Å². The summed E-state index contributed by atoms with van der Waals surface area (Å²) < 4.78 is 1.85. The molecule has 2 N–H and O–H groups in total. The Morgan fingerprint density at radius 3 is 2.71 bits per heavy atom. The first-order chi connectivity index (χ1) is 15.0. The second kappa shape index (κ2) is 7.81. The van der Waals surface area contributed by atoms with Crippen LogP contribution in [0.25, 0.3) is 0 Å². The van der Waals surface area contributed by atoms with Crippen LogP contribution in [0.2, 0.25) is 0 Å². The fourth-order valence-electron chi connectivity index (χ4n) is 4.67. The van der Waals surface area contributed by atoms with Crippen LogP contribution in [0.5, 0.6) is 0 Å². The number of carbonyl (C=O) groups is 2. The summed E-state index contributed by atoms with van der Waals surface area (Å²) in [7, 11) is 0. The van der Waals surface area contributed by atoms with E-state index in [1.807, 2.05) is 59.0 Å². The number of benzene rings is 1. The van der Waals surface area contributed by atoms with Crippen molar-refractivity contribution in [3.8, 4) is 0 Å². The van der Waals surface area contributed by atoms with Crippen LogP contribution in [0.3, 0.4) is 0 Å². The molecule has 3 aromatic rings. The first-order valence-corrected chi connectivity index (χ1v) is 11.2. The molecule has 2 atom stereocenters. The monoisotopic (exact) mass is 436 g/mol. The van der Waals surface area contributed by atoms with E-state index in [0.29, 0.717) is 13.1 Å². The number of likely N-dealkylation sites (tertiary alicyclic amines) is 1. The molecule has 4 heterocycles. The number of aryl methyl sites for hydroxylation is 2. The largest absolute Gasteiger partial charge is 0.337 e. The fourth-order valence-corrected chi connectivity index (χ4v) is 5.50. The van der Waals surface area contributed by atoms with E-state index in [4.69, 9.17) is 0 Å². The number of carbonyl (C=O) groups excluding carboxylic acids is 2. The molecule has 0 bridgehead atoms. The summed E-state index contributed by atoms with van der Waals surface area (Å²) in [5, 5.41) is 10.3. The average molecular weight is 437 g/mol. The minimum absolute atomic E-state index is 0.0644. The molecule has 1 aromatic carbocycles. The molecule has 2 aromatic heterocycles. The van der Waals surface area contributed by atoms with E-state index < -0.39 is 0 Å². The lowest BCUT2D eigenvalue weighted by Gasteiger charge is -2.40. The van der Waals surface area contributed by atoms with Crippen molar-refractivity contribution in [2.75, 3.05) is 18.4 Å². The maximum Gasteiger partial charge on any atom is 0.319 e. The van der Waals surface area contributed by atoms with Gasteiger partial charge in [0.25, 0.3) is 5.91 Å². The van der Waals surface area contributed by atoms with Gasteiger partial charge in [-0.25, -0.2) is 14.5 Å². The topological polar surface area (TPSA) is 92.2 Å². The lowest BCUT2D eigenvalue weighted by molar-refractivity contribution is 0.0739. The average Bonchev–Trinajstić information content (AvgIpc) is 3.51. The Morgan fingerprint density at radius 1 is 1.13 bits per heavy atom. The van der Waals surface area contributed by atoms with Gasteiger partial charge in [0, 0.05) is 35.6 Å². The molecule has 9 heteroatoms. The highest BCUT2D eigenvalue weighted by molar-refractivity contribution is 7.13. The van der Waals surface area contributed by atoms with Crippen molar-refractivity contribution in [1.29, 1.82) is 0 Å². The van der Waals surface area contributed by atoms with Gasteiger partial charge in [-0.05, 0) is 44.0 Å². The van der Waals surface area contributed by atoms with Crippen LogP contribution in [0.4, 0.5) is 10.5 Å². The number of rotatable bonds is 3. The molecule has 160 valence electrons. The summed E-state index contributed by atoms with van der Waals surface area (Å²) in [5.41, 5.74) is 0.460. The summed E-state index contributed by atoms with van der Waals surface area (Å²) in [6.45, 7) is 3.99. The van der Waals surface area contributed by atoms with Crippen LogP contribution in [0, 0.1) is 12.3 Å². The van der Waals surface area contributed by atoms with Gasteiger partial charge < -0.3 is 15.5 Å². The lowest BCUT2D eigenvalue weighted by atomic mass is 9.74. The Labute approximate surface area is 184 Å². The number of thiophene rings is 1. The molecule has 31 heavy (non-hydrogen) atoms. The molecule has 0 unspecified atom stereocenters. The predicted molar refractivity (Wildman–Crippen MR) is 118 cm³/mol. The number of aromatic nitrogens is 3. The highest BCUT2D eigenvalue weighted by Gasteiger charge is 2.51. The van der Waals surface area contributed by atoms with Gasteiger partial charge in [-0.1, -0.05) is 18.2 Å². The van der Waals surface area contributed by atoms with Crippen LogP contribution in [0.1, 0.15) is 39.3 Å². The number of amides is 3. The van der Waals surface area contributed by atoms with Crippen LogP contribution in [-0.4, -0.2) is 44.7 Å². The minimum Gasteiger partial charge on any atom is -0.337 e. The van der Waals surface area contributed by atoms with Crippen molar-refractivity contribution in [3.63, 3.8) is 0 Å². The quantitative estimate of drug-likeness (QED) is 0.658.